The lowest BCUT2D eigenvalue weighted by molar-refractivity contribution is 0.0957. The molecule has 3 N–H and O–H groups in total. The number of hydrogen-bond donors (Lipinski definition) is 3. The predicted octanol–water partition coefficient (Wildman–Crippen LogP) is 1.59. The predicted molar refractivity (Wildman–Crippen MR) is 130 cm³/mol. The van der Waals surface area contributed by atoms with Gasteiger partial charge < -0.3 is 5.32 Å². The topological polar surface area (TPSA) is 100 Å². The number of aromatic nitrogens is 2. The molecule has 2 aromatic carbocycles. The average molecular weight is 511 g/mol. The zero-order valence-electron chi connectivity index (χ0n) is 18.1. The fraction of sp³-hybridized carbons (Fsp3) is 0.174. The normalized spacial score (nSPS) is 13.1. The lowest BCUT2D eigenvalue weighted by atomic mass is 10.1. The molecule has 0 unspecified atom stereocenters. The molecule has 1 aliphatic rings. The number of carbonyl (C=O) groups is 1. The second-order valence-electron chi connectivity index (χ2n) is 7.54. The van der Waals surface area contributed by atoms with Gasteiger partial charge in [-0.1, -0.05) is 28.1 Å². The molecule has 2 heterocycles. The molecule has 33 heavy (non-hydrogen) atoms. The summed E-state index contributed by atoms with van der Waals surface area (Å²) in [6, 6.07) is 12.2. The Hall–Kier alpha value is -3.63. The van der Waals surface area contributed by atoms with Crippen LogP contribution in [0.1, 0.15) is 15.9 Å². The molecule has 1 amide bonds. The Balaban J connectivity index is 1.64. The molecule has 0 atom stereocenters. The molecule has 0 bridgehead atoms. The fourth-order valence-corrected chi connectivity index (χ4v) is 4.05. The first kappa shape index (κ1) is 22.6. The van der Waals surface area contributed by atoms with E-state index in [1.165, 1.54) is 15.2 Å². The van der Waals surface area contributed by atoms with Gasteiger partial charge in [-0.15, -0.1) is 0 Å². The third-order valence-electron chi connectivity index (χ3n) is 5.34. The summed E-state index contributed by atoms with van der Waals surface area (Å²) < 4.78 is 3.47. The molecule has 0 saturated heterocycles. The first-order valence-corrected chi connectivity index (χ1v) is 11.0. The van der Waals surface area contributed by atoms with Crippen molar-refractivity contribution in [3.8, 4) is 0 Å². The molecule has 10 heteroatoms. The van der Waals surface area contributed by atoms with E-state index in [1.54, 1.807) is 37.5 Å². The minimum absolute atomic E-state index is 0.133. The first-order valence-electron chi connectivity index (χ1n) is 10.2. The molecule has 170 valence electrons. The summed E-state index contributed by atoms with van der Waals surface area (Å²) in [5.41, 5.74) is 7.56. The summed E-state index contributed by atoms with van der Waals surface area (Å²) >= 11 is 3.41. The number of nitrogens with one attached hydrogen (secondary N) is 3. The van der Waals surface area contributed by atoms with Gasteiger partial charge in [0.2, 0.25) is 0 Å². The molecule has 0 fully saturated rings. The number of hydrogen-bond acceptors (Lipinski definition) is 6. The zero-order valence-corrected chi connectivity index (χ0v) is 19.7. The first-order chi connectivity index (χ1) is 15.9. The summed E-state index contributed by atoms with van der Waals surface area (Å²) in [5, 5.41) is 4.83. The van der Waals surface area contributed by atoms with E-state index >= 15 is 0 Å². The van der Waals surface area contributed by atoms with Crippen LogP contribution in [0.15, 0.2) is 80.6 Å². The number of hydrazine groups is 2. The van der Waals surface area contributed by atoms with Gasteiger partial charge in [0.15, 0.2) is 0 Å². The van der Waals surface area contributed by atoms with Gasteiger partial charge >= 0.3 is 5.69 Å². The van der Waals surface area contributed by atoms with Gasteiger partial charge in [0.05, 0.1) is 17.4 Å². The maximum Gasteiger partial charge on any atom is 0.331 e. The van der Waals surface area contributed by atoms with Crippen LogP contribution in [0.2, 0.25) is 0 Å². The van der Waals surface area contributed by atoms with Gasteiger partial charge in [-0.05, 0) is 47.5 Å². The largest absolute Gasteiger partial charge is 0.348 e. The minimum atomic E-state index is -0.434. The second kappa shape index (κ2) is 9.47. The summed E-state index contributed by atoms with van der Waals surface area (Å²) in [6.45, 7) is 0.446. The van der Waals surface area contributed by atoms with E-state index in [9.17, 15) is 14.4 Å². The van der Waals surface area contributed by atoms with Gasteiger partial charge in [-0.2, -0.15) is 0 Å². The molecular formula is C23H23BrN6O3. The third kappa shape index (κ3) is 4.76. The lowest BCUT2D eigenvalue weighted by Crippen LogP contribution is -2.41. The van der Waals surface area contributed by atoms with E-state index in [-0.39, 0.29) is 12.5 Å². The standard InChI is InChI=1S/C23H23BrN6O3/c1-25-30-14-16(8-9-27-30)12-26-21(31)17-6-7-20-19(11-17)22(32)29(23(33)28(20)2)13-15-4-3-5-18(24)10-15/h3-11,14,25,27H,12-13H2,1-2H3,(H,26,31). The monoisotopic (exact) mass is 510 g/mol. The smallest absolute Gasteiger partial charge is 0.331 e. The number of benzene rings is 2. The number of aryl methyl sites for hydroxylation is 1. The Morgan fingerprint density at radius 1 is 1.15 bits per heavy atom. The number of halogens is 1. The SMILES string of the molecule is CNN1C=C(CNC(=O)c2ccc3c(c2)c(=O)n(Cc2cccc(Br)c2)c(=O)n3C)C=CN1. The van der Waals surface area contributed by atoms with Crippen molar-refractivity contribution < 1.29 is 4.79 Å². The van der Waals surface area contributed by atoms with E-state index < -0.39 is 11.2 Å². The highest BCUT2D eigenvalue weighted by atomic mass is 79.9. The molecule has 4 rings (SSSR count). The average Bonchev–Trinajstić information content (AvgIpc) is 2.83. The quantitative estimate of drug-likeness (QED) is 0.465. The van der Waals surface area contributed by atoms with Crippen LogP contribution in [0.4, 0.5) is 0 Å². The number of nitrogens with zero attached hydrogens (tertiary/aromatic N) is 3. The van der Waals surface area contributed by atoms with Crippen LogP contribution in [-0.4, -0.2) is 33.8 Å². The van der Waals surface area contributed by atoms with Gasteiger partial charge in [0.1, 0.15) is 0 Å². The molecule has 0 aliphatic carbocycles. The van der Waals surface area contributed by atoms with E-state index in [1.807, 2.05) is 36.5 Å². The number of fused-ring (bicyclic) bond motifs is 1. The maximum atomic E-state index is 13.2. The Labute approximate surface area is 198 Å². The highest BCUT2D eigenvalue weighted by molar-refractivity contribution is 9.10. The van der Waals surface area contributed by atoms with Gasteiger partial charge in [0.25, 0.3) is 11.5 Å². The van der Waals surface area contributed by atoms with Gasteiger partial charge in [-0.3, -0.25) is 24.1 Å². The summed E-state index contributed by atoms with van der Waals surface area (Å²) in [4.78, 5) is 38.8. The van der Waals surface area contributed by atoms with Crippen LogP contribution >= 0.6 is 15.9 Å². The van der Waals surface area contributed by atoms with Crippen molar-refractivity contribution in [1.82, 2.24) is 30.4 Å². The molecule has 1 aliphatic heterocycles. The van der Waals surface area contributed by atoms with Crippen molar-refractivity contribution in [3.63, 3.8) is 0 Å². The zero-order chi connectivity index (χ0) is 23.5. The molecule has 0 spiro atoms. The second-order valence-corrected chi connectivity index (χ2v) is 8.45. The third-order valence-corrected chi connectivity index (χ3v) is 5.84. The van der Waals surface area contributed by atoms with Crippen LogP contribution < -0.4 is 27.4 Å². The van der Waals surface area contributed by atoms with Crippen molar-refractivity contribution in [2.75, 3.05) is 13.6 Å². The molecule has 0 radical (unpaired) electrons. The minimum Gasteiger partial charge on any atom is -0.348 e. The van der Waals surface area contributed by atoms with E-state index in [0.29, 0.717) is 23.0 Å². The van der Waals surface area contributed by atoms with Gasteiger partial charge in [-0.25, -0.2) is 15.3 Å². The van der Waals surface area contributed by atoms with Crippen molar-refractivity contribution in [2.24, 2.45) is 7.05 Å². The Bertz CT molecular complexity index is 1410. The number of carbonyl (C=O) groups excluding carboxylic acids is 1. The molecule has 9 nitrogen and oxygen atoms in total. The van der Waals surface area contributed by atoms with Crippen LogP contribution in [0, 0.1) is 0 Å². The summed E-state index contributed by atoms with van der Waals surface area (Å²) in [6.07, 6.45) is 5.42. The molecule has 0 saturated carbocycles. The van der Waals surface area contributed by atoms with E-state index in [2.05, 4.69) is 32.1 Å². The molecular weight excluding hydrogens is 488 g/mol. The number of amides is 1. The van der Waals surface area contributed by atoms with Crippen molar-refractivity contribution in [1.29, 1.82) is 0 Å². The van der Waals surface area contributed by atoms with Crippen molar-refractivity contribution >= 4 is 32.7 Å². The maximum absolute atomic E-state index is 13.2. The summed E-state index contributed by atoms with van der Waals surface area (Å²) in [5.74, 6) is -0.312. The molecule has 3 aromatic rings. The highest BCUT2D eigenvalue weighted by Gasteiger charge is 2.15. The van der Waals surface area contributed by atoms with Crippen molar-refractivity contribution in [3.05, 3.63) is 103 Å². The fourth-order valence-electron chi connectivity index (χ4n) is 3.60. The lowest BCUT2D eigenvalue weighted by Gasteiger charge is -2.23. The van der Waals surface area contributed by atoms with Crippen molar-refractivity contribution in [2.45, 2.75) is 6.54 Å². The van der Waals surface area contributed by atoms with Gasteiger partial charge in [0, 0.05) is 43.1 Å². The van der Waals surface area contributed by atoms with Crippen LogP contribution in [0.5, 0.6) is 0 Å². The summed E-state index contributed by atoms with van der Waals surface area (Å²) in [7, 11) is 3.38. The highest BCUT2D eigenvalue weighted by Crippen LogP contribution is 2.14. The van der Waals surface area contributed by atoms with Crippen LogP contribution in [0.3, 0.4) is 0 Å². The number of rotatable bonds is 6. The Morgan fingerprint density at radius 2 is 1.97 bits per heavy atom. The van der Waals surface area contributed by atoms with E-state index in [0.717, 1.165) is 15.6 Å². The Morgan fingerprint density at radius 3 is 2.73 bits per heavy atom. The Kier molecular flexibility index (Phi) is 6.47. The van der Waals surface area contributed by atoms with E-state index in [4.69, 9.17) is 0 Å². The molecule has 1 aromatic heterocycles. The van der Waals surface area contributed by atoms with Crippen LogP contribution in [-0.2, 0) is 13.6 Å². The van der Waals surface area contributed by atoms with Crippen LogP contribution in [0.25, 0.3) is 10.9 Å².